The Bertz CT molecular complexity index is 881. The number of amides is 1. The molecule has 0 spiro atoms. The van der Waals surface area contributed by atoms with Crippen LogP contribution in [-0.4, -0.2) is 5.91 Å². The summed E-state index contributed by atoms with van der Waals surface area (Å²) in [5.41, 5.74) is -2.71. The minimum absolute atomic E-state index is 0.379. The number of benzene rings is 2. The fourth-order valence-electron chi connectivity index (χ4n) is 1.97. The molecule has 0 aromatic heterocycles. The number of carbonyl (C=O) groups excluding carboxylic acids is 1. The molecule has 0 bridgehead atoms. The maximum absolute atomic E-state index is 13.6. The van der Waals surface area contributed by atoms with Crippen LogP contribution in [0, 0.1) is 23.0 Å². The first-order valence-corrected chi connectivity index (χ1v) is 6.77. The van der Waals surface area contributed by atoms with Gasteiger partial charge in [-0.05, 0) is 24.3 Å². The van der Waals surface area contributed by atoms with E-state index in [-0.39, 0.29) is 5.56 Å². The normalized spacial score (nSPS) is 11.8. The van der Waals surface area contributed by atoms with E-state index in [9.17, 15) is 26.7 Å². The molecule has 3 nitrogen and oxygen atoms in total. The second-order valence-electron chi connectivity index (χ2n) is 4.81. The van der Waals surface area contributed by atoms with Crippen LogP contribution in [0.15, 0.2) is 48.0 Å². The van der Waals surface area contributed by atoms with Crippen molar-refractivity contribution in [1.29, 1.82) is 5.26 Å². The second-order valence-corrected chi connectivity index (χ2v) is 4.81. The Morgan fingerprint density at radius 1 is 1.08 bits per heavy atom. The molecule has 2 aromatic carbocycles. The molecular weight excluding hydrogens is 343 g/mol. The number of hydrogen-bond donors (Lipinski definition) is 1. The molecule has 0 unspecified atom stereocenters. The molecule has 0 aliphatic rings. The first-order chi connectivity index (χ1) is 11.7. The summed E-state index contributed by atoms with van der Waals surface area (Å²) < 4.78 is 65.5. The highest BCUT2D eigenvalue weighted by Crippen LogP contribution is 2.34. The Morgan fingerprint density at radius 3 is 2.40 bits per heavy atom. The average Bonchev–Trinajstić information content (AvgIpc) is 2.55. The lowest BCUT2D eigenvalue weighted by Crippen LogP contribution is -2.17. The molecule has 128 valence electrons. The van der Waals surface area contributed by atoms with Crippen molar-refractivity contribution in [3.63, 3.8) is 0 Å². The lowest BCUT2D eigenvalue weighted by molar-refractivity contribution is -0.137. The van der Waals surface area contributed by atoms with Crippen LogP contribution in [0.5, 0.6) is 0 Å². The number of nitrogens with one attached hydrogen (secondary N) is 1. The Hall–Kier alpha value is -3.21. The van der Waals surface area contributed by atoms with Crippen LogP contribution >= 0.6 is 0 Å². The molecule has 0 saturated carbocycles. The molecule has 2 rings (SSSR count). The summed E-state index contributed by atoms with van der Waals surface area (Å²) in [4.78, 5) is 12.0. The lowest BCUT2D eigenvalue weighted by atomic mass is 10.1. The molecular formula is C17H9F5N2O. The zero-order chi connectivity index (χ0) is 18.6. The molecule has 0 heterocycles. The third kappa shape index (κ3) is 4.20. The van der Waals surface area contributed by atoms with Gasteiger partial charge in [0.05, 0.1) is 11.3 Å². The van der Waals surface area contributed by atoms with E-state index in [2.05, 4.69) is 0 Å². The summed E-state index contributed by atoms with van der Waals surface area (Å²) in [6.07, 6.45) is -3.96. The van der Waals surface area contributed by atoms with E-state index in [1.54, 1.807) is 0 Å². The largest absolute Gasteiger partial charge is 0.418 e. The van der Waals surface area contributed by atoms with Gasteiger partial charge < -0.3 is 5.32 Å². The predicted molar refractivity (Wildman–Crippen MR) is 80.0 cm³/mol. The van der Waals surface area contributed by atoms with Crippen molar-refractivity contribution in [2.45, 2.75) is 6.18 Å². The van der Waals surface area contributed by atoms with Crippen LogP contribution in [-0.2, 0) is 11.0 Å². The van der Waals surface area contributed by atoms with Gasteiger partial charge in [-0.1, -0.05) is 24.3 Å². The quantitative estimate of drug-likeness (QED) is 0.501. The van der Waals surface area contributed by atoms with Crippen molar-refractivity contribution >= 4 is 17.7 Å². The van der Waals surface area contributed by atoms with E-state index >= 15 is 0 Å². The predicted octanol–water partition coefficient (Wildman–Crippen LogP) is 4.53. The van der Waals surface area contributed by atoms with Gasteiger partial charge in [-0.25, -0.2) is 8.78 Å². The van der Waals surface area contributed by atoms with E-state index in [1.807, 2.05) is 5.32 Å². The molecule has 0 fully saturated rings. The first-order valence-electron chi connectivity index (χ1n) is 6.77. The van der Waals surface area contributed by atoms with Gasteiger partial charge in [0, 0.05) is 5.56 Å². The zero-order valence-electron chi connectivity index (χ0n) is 12.4. The third-order valence-electron chi connectivity index (χ3n) is 3.13. The van der Waals surface area contributed by atoms with Gasteiger partial charge in [0.15, 0.2) is 11.6 Å². The van der Waals surface area contributed by atoms with E-state index in [1.165, 1.54) is 12.1 Å². The minimum atomic E-state index is -4.71. The molecule has 0 aliphatic heterocycles. The summed E-state index contributed by atoms with van der Waals surface area (Å²) in [6.45, 7) is 0. The summed E-state index contributed by atoms with van der Waals surface area (Å²) in [7, 11) is 0. The molecule has 0 aliphatic carbocycles. The molecule has 1 N–H and O–H groups in total. The van der Waals surface area contributed by atoms with E-state index < -0.39 is 40.5 Å². The van der Waals surface area contributed by atoms with Crippen molar-refractivity contribution in [3.8, 4) is 6.07 Å². The number of para-hydroxylation sites is 1. The summed E-state index contributed by atoms with van der Waals surface area (Å²) in [5.74, 6) is -3.64. The Balaban J connectivity index is 2.36. The Labute approximate surface area is 139 Å². The van der Waals surface area contributed by atoms with Gasteiger partial charge in [0.1, 0.15) is 11.6 Å². The maximum Gasteiger partial charge on any atom is 0.418 e. The number of anilines is 1. The number of rotatable bonds is 3. The Kier molecular flexibility index (Phi) is 5.17. The van der Waals surface area contributed by atoms with Gasteiger partial charge in [0.25, 0.3) is 5.91 Å². The van der Waals surface area contributed by atoms with Crippen molar-refractivity contribution in [1.82, 2.24) is 0 Å². The fourth-order valence-corrected chi connectivity index (χ4v) is 1.97. The van der Waals surface area contributed by atoms with Gasteiger partial charge in [0.2, 0.25) is 0 Å². The Morgan fingerprint density at radius 2 is 1.76 bits per heavy atom. The van der Waals surface area contributed by atoms with Crippen LogP contribution in [0.25, 0.3) is 6.08 Å². The second kappa shape index (κ2) is 7.13. The molecule has 25 heavy (non-hydrogen) atoms. The van der Waals surface area contributed by atoms with Crippen molar-refractivity contribution in [2.75, 3.05) is 5.32 Å². The van der Waals surface area contributed by atoms with Crippen LogP contribution in [0.3, 0.4) is 0 Å². The zero-order valence-corrected chi connectivity index (χ0v) is 12.4. The lowest BCUT2D eigenvalue weighted by Gasteiger charge is -2.13. The first kappa shape index (κ1) is 18.1. The molecule has 2 aromatic rings. The summed E-state index contributed by atoms with van der Waals surface area (Å²) in [5, 5.41) is 11.0. The number of nitriles is 1. The number of halogens is 5. The van der Waals surface area contributed by atoms with Crippen molar-refractivity contribution in [3.05, 3.63) is 70.8 Å². The highest BCUT2D eigenvalue weighted by molar-refractivity contribution is 6.10. The summed E-state index contributed by atoms with van der Waals surface area (Å²) >= 11 is 0. The molecule has 0 saturated heterocycles. The standard InChI is InChI=1S/C17H9F5N2O/c18-13-6-3-4-10(15(13)19)8-11(9-23)16(25)24-14-7-2-1-5-12(14)17(20,21)22/h1-8H,(H,24,25)/b11-8-. The number of alkyl halides is 3. The van der Waals surface area contributed by atoms with E-state index in [0.717, 1.165) is 42.5 Å². The summed E-state index contributed by atoms with van der Waals surface area (Å²) in [6, 6.07) is 8.77. The average molecular weight is 352 g/mol. The SMILES string of the molecule is N#C/C(=C/c1cccc(F)c1F)C(=O)Nc1ccccc1C(F)(F)F. The van der Waals surface area contributed by atoms with Gasteiger partial charge in [-0.2, -0.15) is 18.4 Å². The van der Waals surface area contributed by atoms with Gasteiger partial charge >= 0.3 is 6.18 Å². The smallest absolute Gasteiger partial charge is 0.321 e. The molecule has 8 heteroatoms. The monoisotopic (exact) mass is 352 g/mol. The third-order valence-corrected chi connectivity index (χ3v) is 3.13. The fraction of sp³-hybridized carbons (Fsp3) is 0.0588. The van der Waals surface area contributed by atoms with Gasteiger partial charge in [-0.3, -0.25) is 4.79 Å². The van der Waals surface area contributed by atoms with Crippen LogP contribution in [0.4, 0.5) is 27.6 Å². The number of nitrogens with zero attached hydrogens (tertiary/aromatic N) is 1. The van der Waals surface area contributed by atoms with E-state index in [4.69, 9.17) is 5.26 Å². The number of hydrogen-bond acceptors (Lipinski definition) is 2. The van der Waals surface area contributed by atoms with E-state index in [0.29, 0.717) is 0 Å². The molecule has 1 amide bonds. The minimum Gasteiger partial charge on any atom is -0.321 e. The highest BCUT2D eigenvalue weighted by Gasteiger charge is 2.33. The van der Waals surface area contributed by atoms with Crippen LogP contribution < -0.4 is 5.32 Å². The number of carbonyl (C=O) groups is 1. The van der Waals surface area contributed by atoms with Crippen LogP contribution in [0.1, 0.15) is 11.1 Å². The molecule has 0 radical (unpaired) electrons. The van der Waals surface area contributed by atoms with Gasteiger partial charge in [-0.15, -0.1) is 0 Å². The van der Waals surface area contributed by atoms with Crippen molar-refractivity contribution < 1.29 is 26.7 Å². The topological polar surface area (TPSA) is 52.9 Å². The van der Waals surface area contributed by atoms with Crippen LogP contribution in [0.2, 0.25) is 0 Å². The molecule has 0 atom stereocenters. The highest BCUT2D eigenvalue weighted by atomic mass is 19.4. The maximum atomic E-state index is 13.6. The van der Waals surface area contributed by atoms with Crippen molar-refractivity contribution in [2.24, 2.45) is 0 Å².